The van der Waals surface area contributed by atoms with E-state index in [4.69, 9.17) is 22.7 Å². The maximum atomic E-state index is 13.6. The minimum atomic E-state index is -0.732. The number of hydrogen-bond acceptors (Lipinski definition) is 3. The van der Waals surface area contributed by atoms with Crippen molar-refractivity contribution >= 4 is 23.1 Å². The fourth-order valence-electron chi connectivity index (χ4n) is 1.75. The van der Waals surface area contributed by atoms with Crippen molar-refractivity contribution in [1.29, 1.82) is 0 Å². The fourth-order valence-corrected chi connectivity index (χ4v) is 1.84. The lowest BCUT2D eigenvalue weighted by atomic mass is 10.1. The van der Waals surface area contributed by atoms with Crippen molar-refractivity contribution in [3.8, 4) is 0 Å². The van der Waals surface area contributed by atoms with Crippen LogP contribution in [0.25, 0.3) is 0 Å². The molecule has 0 saturated heterocycles. The number of benzene rings is 1. The summed E-state index contributed by atoms with van der Waals surface area (Å²) in [6, 6.07) is 3.15. The van der Waals surface area contributed by atoms with Gasteiger partial charge in [-0.25, -0.2) is 8.78 Å². The van der Waals surface area contributed by atoms with Crippen LogP contribution in [0.1, 0.15) is 12.0 Å². The molecule has 116 valence electrons. The Bertz CT molecular complexity index is 512. The normalized spacial score (nSPS) is 10.4. The fraction of sp³-hybridized carbons (Fsp3) is 0.429. The van der Waals surface area contributed by atoms with Crippen LogP contribution in [0.3, 0.4) is 0 Å². The third kappa shape index (κ3) is 6.14. The summed E-state index contributed by atoms with van der Waals surface area (Å²) in [6.45, 7) is 1.07. The summed E-state index contributed by atoms with van der Waals surface area (Å²) in [4.78, 5) is 14.0. The molecule has 0 bridgehead atoms. The Balaban J connectivity index is 2.72. The molecule has 7 heteroatoms. The molecule has 0 aliphatic rings. The standard InChI is InChI=1S/C14H18F2N2O2S/c1-20-7-6-18(5-4-13(17)21)14(19)8-10-2-3-11(15)9-12(10)16/h2-3,9H,4-8H2,1H3,(H2,17,21). The minimum absolute atomic E-state index is 0.146. The Hall–Kier alpha value is -1.60. The van der Waals surface area contributed by atoms with Gasteiger partial charge >= 0.3 is 0 Å². The van der Waals surface area contributed by atoms with Gasteiger partial charge in [0.1, 0.15) is 11.6 Å². The summed E-state index contributed by atoms with van der Waals surface area (Å²) in [6.07, 6.45) is 0.240. The molecule has 1 aromatic rings. The zero-order valence-corrected chi connectivity index (χ0v) is 12.6. The van der Waals surface area contributed by atoms with Gasteiger partial charge in [0.25, 0.3) is 0 Å². The predicted octanol–water partition coefficient (Wildman–Crippen LogP) is 1.66. The molecule has 0 saturated carbocycles. The van der Waals surface area contributed by atoms with E-state index in [-0.39, 0.29) is 17.9 Å². The molecule has 0 heterocycles. The largest absolute Gasteiger partial charge is 0.393 e. The van der Waals surface area contributed by atoms with E-state index in [0.29, 0.717) is 31.1 Å². The molecule has 21 heavy (non-hydrogen) atoms. The van der Waals surface area contributed by atoms with E-state index in [1.807, 2.05) is 0 Å². The van der Waals surface area contributed by atoms with Gasteiger partial charge in [-0.3, -0.25) is 4.79 Å². The molecule has 2 N–H and O–H groups in total. The first kappa shape index (κ1) is 17.5. The number of methoxy groups -OCH3 is 1. The monoisotopic (exact) mass is 316 g/mol. The van der Waals surface area contributed by atoms with Crippen LogP contribution >= 0.6 is 12.2 Å². The van der Waals surface area contributed by atoms with E-state index in [1.54, 1.807) is 0 Å². The molecule has 1 rings (SSSR count). The predicted molar refractivity (Wildman–Crippen MR) is 79.9 cm³/mol. The Morgan fingerprint density at radius 2 is 2.10 bits per heavy atom. The van der Waals surface area contributed by atoms with Gasteiger partial charge < -0.3 is 15.4 Å². The van der Waals surface area contributed by atoms with Gasteiger partial charge in [-0.2, -0.15) is 0 Å². The van der Waals surface area contributed by atoms with Crippen molar-refractivity contribution in [2.75, 3.05) is 26.8 Å². The lowest BCUT2D eigenvalue weighted by molar-refractivity contribution is -0.131. The van der Waals surface area contributed by atoms with Crippen molar-refractivity contribution in [3.05, 3.63) is 35.4 Å². The van der Waals surface area contributed by atoms with E-state index < -0.39 is 11.6 Å². The van der Waals surface area contributed by atoms with Crippen molar-refractivity contribution in [2.24, 2.45) is 5.73 Å². The second-order valence-corrected chi connectivity index (χ2v) is 5.03. The lowest BCUT2D eigenvalue weighted by Crippen LogP contribution is -2.37. The number of nitrogens with two attached hydrogens (primary N) is 1. The highest BCUT2D eigenvalue weighted by molar-refractivity contribution is 7.80. The molecule has 1 aromatic carbocycles. The molecule has 0 aliphatic carbocycles. The van der Waals surface area contributed by atoms with E-state index in [1.165, 1.54) is 18.1 Å². The van der Waals surface area contributed by atoms with Crippen molar-refractivity contribution in [2.45, 2.75) is 12.8 Å². The van der Waals surface area contributed by atoms with Gasteiger partial charge in [0, 0.05) is 32.7 Å². The van der Waals surface area contributed by atoms with E-state index in [9.17, 15) is 13.6 Å². The van der Waals surface area contributed by atoms with Crippen LogP contribution in [0, 0.1) is 11.6 Å². The molecule has 1 amide bonds. The number of rotatable bonds is 8. The zero-order chi connectivity index (χ0) is 15.8. The smallest absolute Gasteiger partial charge is 0.227 e. The summed E-state index contributed by atoms with van der Waals surface area (Å²) in [5.41, 5.74) is 5.58. The summed E-state index contributed by atoms with van der Waals surface area (Å²) in [5.74, 6) is -1.69. The van der Waals surface area contributed by atoms with Crippen LogP contribution < -0.4 is 5.73 Å². The quantitative estimate of drug-likeness (QED) is 0.741. The second kappa shape index (κ2) is 8.63. The maximum Gasteiger partial charge on any atom is 0.227 e. The second-order valence-electron chi connectivity index (χ2n) is 4.50. The molecule has 4 nitrogen and oxygen atoms in total. The Morgan fingerprint density at radius 3 is 2.67 bits per heavy atom. The van der Waals surface area contributed by atoms with Gasteiger partial charge in [0.2, 0.25) is 5.91 Å². The third-order valence-corrected chi connectivity index (χ3v) is 3.11. The summed E-state index contributed by atoms with van der Waals surface area (Å²) in [5, 5.41) is 0. The van der Waals surface area contributed by atoms with E-state index in [2.05, 4.69) is 0 Å². The van der Waals surface area contributed by atoms with Gasteiger partial charge in [-0.1, -0.05) is 18.3 Å². The minimum Gasteiger partial charge on any atom is -0.393 e. The average Bonchev–Trinajstić information content (AvgIpc) is 2.41. The van der Waals surface area contributed by atoms with Crippen LogP contribution in [0.5, 0.6) is 0 Å². The van der Waals surface area contributed by atoms with Gasteiger partial charge in [-0.15, -0.1) is 0 Å². The van der Waals surface area contributed by atoms with Crippen LogP contribution in [-0.4, -0.2) is 42.6 Å². The van der Waals surface area contributed by atoms with Gasteiger partial charge in [-0.05, 0) is 11.6 Å². The summed E-state index contributed by atoms with van der Waals surface area (Å²) >= 11 is 4.78. The third-order valence-electron chi connectivity index (χ3n) is 2.90. The molecule has 0 aromatic heterocycles. The summed E-state index contributed by atoms with van der Waals surface area (Å²) in [7, 11) is 1.52. The molecular formula is C14H18F2N2O2S. The molecule has 0 unspecified atom stereocenters. The van der Waals surface area contributed by atoms with Crippen molar-refractivity contribution in [1.82, 2.24) is 4.90 Å². The molecule has 0 atom stereocenters. The van der Waals surface area contributed by atoms with Crippen LogP contribution in [0.2, 0.25) is 0 Å². The highest BCUT2D eigenvalue weighted by Gasteiger charge is 2.16. The number of amides is 1. The van der Waals surface area contributed by atoms with Crippen molar-refractivity contribution < 1.29 is 18.3 Å². The number of thiocarbonyl (C=S) groups is 1. The Kier molecular flexibility index (Phi) is 7.18. The lowest BCUT2D eigenvalue weighted by Gasteiger charge is -2.22. The van der Waals surface area contributed by atoms with Crippen LogP contribution in [0.4, 0.5) is 8.78 Å². The average molecular weight is 316 g/mol. The number of halogens is 2. The van der Waals surface area contributed by atoms with Crippen molar-refractivity contribution in [3.63, 3.8) is 0 Å². The van der Waals surface area contributed by atoms with Crippen LogP contribution in [-0.2, 0) is 16.0 Å². The first-order valence-electron chi connectivity index (χ1n) is 6.43. The number of carbonyl (C=O) groups is 1. The number of hydrogen-bond donors (Lipinski definition) is 1. The molecule has 0 fully saturated rings. The Labute approximate surface area is 127 Å². The first-order valence-corrected chi connectivity index (χ1v) is 6.83. The SMILES string of the molecule is COCCN(CCC(N)=S)C(=O)Cc1ccc(F)cc1F. The van der Waals surface area contributed by atoms with E-state index >= 15 is 0 Å². The Morgan fingerprint density at radius 1 is 1.38 bits per heavy atom. The molecule has 0 aliphatic heterocycles. The number of ether oxygens (including phenoxy) is 1. The number of nitrogens with zero attached hydrogens (tertiary/aromatic N) is 1. The maximum absolute atomic E-state index is 13.6. The highest BCUT2D eigenvalue weighted by atomic mass is 32.1. The zero-order valence-electron chi connectivity index (χ0n) is 11.8. The molecule has 0 radical (unpaired) electrons. The van der Waals surface area contributed by atoms with Gasteiger partial charge in [0.05, 0.1) is 18.0 Å². The topological polar surface area (TPSA) is 55.6 Å². The summed E-state index contributed by atoms with van der Waals surface area (Å²) < 4.78 is 31.3. The highest BCUT2D eigenvalue weighted by Crippen LogP contribution is 2.11. The van der Waals surface area contributed by atoms with Gasteiger partial charge in [0.15, 0.2) is 0 Å². The van der Waals surface area contributed by atoms with Crippen LogP contribution in [0.15, 0.2) is 18.2 Å². The molecule has 0 spiro atoms. The first-order chi connectivity index (χ1) is 9.93. The number of carbonyl (C=O) groups excluding carboxylic acids is 1. The molecular weight excluding hydrogens is 298 g/mol. The van der Waals surface area contributed by atoms with E-state index in [0.717, 1.165) is 12.1 Å².